The third-order valence-electron chi connectivity index (χ3n) is 7.68. The highest BCUT2D eigenvalue weighted by molar-refractivity contribution is 6.32. The minimum Gasteiger partial charge on any atom is -0.480 e. The zero-order valence-electron chi connectivity index (χ0n) is 22.6. The van der Waals surface area contributed by atoms with E-state index in [4.69, 9.17) is 30.5 Å². The predicted octanol–water partition coefficient (Wildman–Crippen LogP) is 6.57. The second-order valence-electron chi connectivity index (χ2n) is 9.89. The van der Waals surface area contributed by atoms with Crippen LogP contribution in [0, 0.1) is 0 Å². The van der Waals surface area contributed by atoms with Crippen molar-refractivity contribution in [3.63, 3.8) is 0 Å². The van der Waals surface area contributed by atoms with E-state index in [-0.39, 0.29) is 40.4 Å². The summed E-state index contributed by atoms with van der Waals surface area (Å²) >= 11 is 6.40. The number of hydrogen-bond acceptors (Lipinski definition) is 8. The van der Waals surface area contributed by atoms with Crippen molar-refractivity contribution < 1.29 is 28.5 Å². The molecule has 2 aliphatic carbocycles. The minimum absolute atomic E-state index is 0.158. The molecule has 0 bridgehead atoms. The maximum Gasteiger partial charge on any atom is 0.236 e. The van der Waals surface area contributed by atoms with E-state index in [0.717, 1.165) is 36.8 Å². The van der Waals surface area contributed by atoms with Crippen molar-refractivity contribution in [1.29, 1.82) is 0 Å². The Morgan fingerprint density at radius 1 is 0.732 bits per heavy atom. The number of carbonyl (C=O) groups is 2. The molecule has 1 unspecified atom stereocenters. The third kappa shape index (κ3) is 4.89. The summed E-state index contributed by atoms with van der Waals surface area (Å²) in [5.41, 5.74) is 7.72. The Bertz CT molecular complexity index is 1660. The van der Waals surface area contributed by atoms with E-state index in [1.807, 2.05) is 6.07 Å². The normalized spacial score (nSPS) is 17.0. The highest BCUT2D eigenvalue weighted by Crippen LogP contribution is 2.45. The highest BCUT2D eigenvalue weighted by atomic mass is 35.5. The van der Waals surface area contributed by atoms with E-state index in [9.17, 15) is 9.59 Å². The van der Waals surface area contributed by atoms with E-state index >= 15 is 0 Å². The number of aldehydes is 2. The van der Waals surface area contributed by atoms with Crippen LogP contribution in [0.1, 0.15) is 68.0 Å². The quantitative estimate of drug-likeness (QED) is 0.208. The number of aromatic nitrogens is 2. The number of ether oxygens (including phenoxy) is 4. The standard InChI is InChI=1S/C32H27ClN2O6/c1-38-30-18(16-36)9-14-29(34-30)40-27-12-10-22-20(5-3-7-24(22)27)21-6-4-8-25-23(21)11-13-28(25)41-32-26(33)15-19(17-37)31(35-32)39-2/h3-9,14-17,27-28H,10-13H2,1-2H3/t27?,28-/m0/s1. The molecule has 208 valence electrons. The second kappa shape index (κ2) is 11.2. The lowest BCUT2D eigenvalue weighted by Crippen LogP contribution is -2.07. The van der Waals surface area contributed by atoms with Crippen LogP contribution in [0.2, 0.25) is 5.02 Å². The maximum atomic E-state index is 11.3. The van der Waals surface area contributed by atoms with Gasteiger partial charge in [0.1, 0.15) is 17.2 Å². The second-order valence-corrected chi connectivity index (χ2v) is 10.3. The van der Waals surface area contributed by atoms with Gasteiger partial charge < -0.3 is 18.9 Å². The van der Waals surface area contributed by atoms with Crippen LogP contribution in [0.3, 0.4) is 0 Å². The van der Waals surface area contributed by atoms with Crippen LogP contribution in [0.15, 0.2) is 54.6 Å². The van der Waals surface area contributed by atoms with Crippen LogP contribution < -0.4 is 18.9 Å². The summed E-state index contributed by atoms with van der Waals surface area (Å²) in [6, 6.07) is 17.5. The molecular formula is C32H27ClN2O6. The first-order chi connectivity index (χ1) is 20.0. The summed E-state index contributed by atoms with van der Waals surface area (Å²) in [5, 5.41) is 0.261. The summed E-state index contributed by atoms with van der Waals surface area (Å²) in [5.74, 6) is 1.08. The van der Waals surface area contributed by atoms with E-state index in [0.29, 0.717) is 24.0 Å². The van der Waals surface area contributed by atoms with E-state index in [1.54, 1.807) is 12.1 Å². The molecule has 8 nitrogen and oxygen atoms in total. The molecule has 0 N–H and O–H groups in total. The first kappa shape index (κ1) is 26.8. The average Bonchev–Trinajstić information content (AvgIpc) is 3.61. The van der Waals surface area contributed by atoms with Crippen LogP contribution in [-0.4, -0.2) is 36.8 Å². The molecule has 0 saturated heterocycles. The molecule has 9 heteroatoms. The van der Waals surface area contributed by atoms with E-state index in [2.05, 4.69) is 40.3 Å². The Labute approximate surface area is 242 Å². The molecule has 0 radical (unpaired) electrons. The van der Waals surface area contributed by atoms with Gasteiger partial charge in [0, 0.05) is 6.07 Å². The van der Waals surface area contributed by atoms with Gasteiger partial charge in [-0.05, 0) is 71.2 Å². The fourth-order valence-corrected chi connectivity index (χ4v) is 6.02. The Morgan fingerprint density at radius 3 is 1.90 bits per heavy atom. The summed E-state index contributed by atoms with van der Waals surface area (Å²) in [4.78, 5) is 31.3. The summed E-state index contributed by atoms with van der Waals surface area (Å²) < 4.78 is 23.0. The number of carbonyl (C=O) groups excluding carboxylic acids is 2. The minimum atomic E-state index is -0.232. The lowest BCUT2D eigenvalue weighted by molar-refractivity contribution is 0.111. The van der Waals surface area contributed by atoms with Crippen LogP contribution >= 0.6 is 11.6 Å². The molecule has 2 aliphatic rings. The van der Waals surface area contributed by atoms with Gasteiger partial charge in [0.05, 0.1) is 25.3 Å². The van der Waals surface area contributed by atoms with Gasteiger partial charge in [-0.3, -0.25) is 9.59 Å². The van der Waals surface area contributed by atoms with Crippen LogP contribution in [0.4, 0.5) is 0 Å². The molecule has 0 amide bonds. The van der Waals surface area contributed by atoms with Gasteiger partial charge in [0.15, 0.2) is 12.6 Å². The number of halogens is 1. The zero-order valence-corrected chi connectivity index (χ0v) is 23.3. The number of pyridine rings is 2. The molecule has 6 rings (SSSR count). The average molecular weight is 571 g/mol. The van der Waals surface area contributed by atoms with Gasteiger partial charge in [0.25, 0.3) is 0 Å². The Hall–Kier alpha value is -4.43. The lowest BCUT2D eigenvalue weighted by atomic mass is 9.91. The van der Waals surface area contributed by atoms with Gasteiger partial charge in [-0.2, -0.15) is 9.97 Å². The van der Waals surface area contributed by atoms with Crippen molar-refractivity contribution in [3.8, 4) is 34.6 Å². The topological polar surface area (TPSA) is 96.8 Å². The fourth-order valence-electron chi connectivity index (χ4n) is 5.82. The fraction of sp³-hybridized carbons (Fsp3) is 0.250. The van der Waals surface area contributed by atoms with Crippen LogP contribution in [-0.2, 0) is 12.8 Å². The summed E-state index contributed by atoms with van der Waals surface area (Å²) in [6.45, 7) is 0. The van der Waals surface area contributed by atoms with Gasteiger partial charge in [-0.1, -0.05) is 48.0 Å². The first-order valence-corrected chi connectivity index (χ1v) is 13.7. The highest BCUT2D eigenvalue weighted by Gasteiger charge is 2.31. The largest absolute Gasteiger partial charge is 0.480 e. The van der Waals surface area contributed by atoms with Crippen molar-refractivity contribution in [3.05, 3.63) is 93.0 Å². The van der Waals surface area contributed by atoms with Crippen molar-refractivity contribution in [2.75, 3.05) is 14.2 Å². The number of hydrogen-bond donors (Lipinski definition) is 0. The molecule has 2 aromatic carbocycles. The van der Waals surface area contributed by atoms with Crippen molar-refractivity contribution in [1.82, 2.24) is 9.97 Å². The SMILES string of the molecule is COc1nc(OC2CCc3c(-c4cccc5c4CC[C@@H]5Oc4nc(OC)c(C=O)cc4Cl)cccc32)ccc1C=O. The molecule has 2 aromatic heterocycles. The molecule has 41 heavy (non-hydrogen) atoms. The molecule has 2 heterocycles. The molecule has 0 saturated carbocycles. The molecule has 0 spiro atoms. The smallest absolute Gasteiger partial charge is 0.236 e. The number of benzene rings is 2. The van der Waals surface area contributed by atoms with Gasteiger partial charge >= 0.3 is 0 Å². The number of rotatable bonds is 9. The van der Waals surface area contributed by atoms with E-state index in [1.165, 1.54) is 42.5 Å². The first-order valence-electron chi connectivity index (χ1n) is 13.3. The Morgan fingerprint density at radius 2 is 1.32 bits per heavy atom. The predicted molar refractivity (Wildman–Crippen MR) is 153 cm³/mol. The van der Waals surface area contributed by atoms with E-state index < -0.39 is 0 Å². The monoisotopic (exact) mass is 570 g/mol. The molecule has 4 aromatic rings. The molecular weight excluding hydrogens is 544 g/mol. The maximum absolute atomic E-state index is 11.3. The number of nitrogens with zero attached hydrogens (tertiary/aromatic N) is 2. The van der Waals surface area contributed by atoms with Crippen molar-refractivity contribution >= 4 is 24.2 Å². The number of fused-ring (bicyclic) bond motifs is 2. The van der Waals surface area contributed by atoms with Crippen molar-refractivity contribution in [2.45, 2.75) is 37.9 Å². The third-order valence-corrected chi connectivity index (χ3v) is 7.95. The summed E-state index contributed by atoms with van der Waals surface area (Å²) in [7, 11) is 2.93. The molecule has 2 atom stereocenters. The van der Waals surface area contributed by atoms with Crippen LogP contribution in [0.25, 0.3) is 11.1 Å². The summed E-state index contributed by atoms with van der Waals surface area (Å²) in [6.07, 6.45) is 4.27. The van der Waals surface area contributed by atoms with Gasteiger partial charge in [-0.25, -0.2) is 0 Å². The molecule has 0 aliphatic heterocycles. The lowest BCUT2D eigenvalue weighted by Gasteiger charge is -2.18. The van der Waals surface area contributed by atoms with Crippen LogP contribution in [0.5, 0.6) is 23.5 Å². The Balaban J connectivity index is 1.29. The van der Waals surface area contributed by atoms with Crippen molar-refractivity contribution in [2.24, 2.45) is 0 Å². The zero-order chi connectivity index (χ0) is 28.5. The molecule has 0 fully saturated rings. The van der Waals surface area contributed by atoms with Gasteiger partial charge in [0.2, 0.25) is 23.5 Å². The number of methoxy groups -OCH3 is 2. The van der Waals surface area contributed by atoms with Gasteiger partial charge in [-0.15, -0.1) is 0 Å². The Kier molecular flexibility index (Phi) is 7.32.